The predicted octanol–water partition coefficient (Wildman–Crippen LogP) is 5.37. The van der Waals surface area contributed by atoms with Crippen molar-refractivity contribution >= 4 is 33.2 Å². The minimum Gasteiger partial charge on any atom is -0.483 e. The van der Waals surface area contributed by atoms with Crippen LogP contribution in [0.1, 0.15) is 73.5 Å². The lowest BCUT2D eigenvalue weighted by atomic mass is 9.64. The SMILES string of the molecule is C[C@@H]1[C@@H](C)C/C=C/[C@@](O)(C#CCN2CCOCC2)[C@@H]2CC[C@H]2CN2C[C@H]3CCCc4cc(Cl)ccc4C3Oc3ccc(cc32)C(=O)NS1(=O)=O. The van der Waals surface area contributed by atoms with Crippen LogP contribution in [0.3, 0.4) is 0 Å². The average molecular weight is 722 g/mol. The van der Waals surface area contributed by atoms with Gasteiger partial charge in [0.1, 0.15) is 17.5 Å². The summed E-state index contributed by atoms with van der Waals surface area (Å²) in [5, 5.41) is 12.2. The van der Waals surface area contributed by atoms with Crippen molar-refractivity contribution in [2.24, 2.45) is 23.7 Å². The van der Waals surface area contributed by atoms with Crippen molar-refractivity contribution in [1.29, 1.82) is 0 Å². The van der Waals surface area contributed by atoms with Gasteiger partial charge in [0.2, 0.25) is 10.0 Å². The molecular weight excluding hydrogens is 674 g/mol. The molecule has 7 atom stereocenters. The fourth-order valence-corrected chi connectivity index (χ4v) is 9.75. The molecule has 1 unspecified atom stereocenters. The van der Waals surface area contributed by atoms with Crippen LogP contribution in [-0.4, -0.2) is 81.1 Å². The second kappa shape index (κ2) is 14.5. The van der Waals surface area contributed by atoms with Gasteiger partial charge in [0, 0.05) is 48.6 Å². The first-order valence-electron chi connectivity index (χ1n) is 18.1. The Hall–Kier alpha value is -3.07. The zero-order valence-electron chi connectivity index (χ0n) is 28.9. The highest BCUT2D eigenvalue weighted by Gasteiger charge is 2.46. The number of carbonyl (C=O) groups is 1. The number of nitrogens with one attached hydrogen (secondary N) is 1. The summed E-state index contributed by atoms with van der Waals surface area (Å²) < 4.78 is 41.6. The molecule has 1 saturated carbocycles. The number of sulfonamides is 1. The summed E-state index contributed by atoms with van der Waals surface area (Å²) in [6.45, 7) is 8.35. The van der Waals surface area contributed by atoms with E-state index in [0.717, 1.165) is 56.4 Å². The number of ether oxygens (including phenoxy) is 2. The summed E-state index contributed by atoms with van der Waals surface area (Å²) in [7, 11) is -3.99. The molecule has 2 fully saturated rings. The fraction of sp³-hybridized carbons (Fsp3) is 0.564. The van der Waals surface area contributed by atoms with E-state index in [1.807, 2.05) is 25.1 Å². The first-order chi connectivity index (χ1) is 24.0. The number of aliphatic hydroxyl groups is 1. The smallest absolute Gasteiger partial charge is 0.264 e. The summed E-state index contributed by atoms with van der Waals surface area (Å²) in [6.07, 6.45) is 8.55. The van der Waals surface area contributed by atoms with E-state index >= 15 is 0 Å². The lowest BCUT2D eigenvalue weighted by Gasteiger charge is -2.46. The number of anilines is 1. The van der Waals surface area contributed by atoms with Crippen molar-refractivity contribution < 1.29 is 27.8 Å². The Morgan fingerprint density at radius 2 is 1.86 bits per heavy atom. The van der Waals surface area contributed by atoms with E-state index in [1.165, 1.54) is 5.56 Å². The van der Waals surface area contributed by atoms with Crippen LogP contribution in [0.4, 0.5) is 5.69 Å². The van der Waals surface area contributed by atoms with E-state index in [0.29, 0.717) is 50.0 Å². The molecule has 3 heterocycles. The van der Waals surface area contributed by atoms with Gasteiger partial charge in [-0.25, -0.2) is 13.1 Å². The molecule has 2 aromatic rings. The molecule has 0 spiro atoms. The van der Waals surface area contributed by atoms with Gasteiger partial charge < -0.3 is 19.5 Å². The number of amides is 1. The predicted molar refractivity (Wildman–Crippen MR) is 195 cm³/mol. The number of morpholine rings is 1. The summed E-state index contributed by atoms with van der Waals surface area (Å²) in [4.78, 5) is 18.1. The molecule has 11 heteroatoms. The molecule has 268 valence electrons. The Bertz CT molecular complexity index is 1800. The third-order valence-electron chi connectivity index (χ3n) is 11.7. The van der Waals surface area contributed by atoms with Crippen molar-refractivity contribution in [3.8, 4) is 17.6 Å². The van der Waals surface area contributed by atoms with Gasteiger partial charge in [-0.3, -0.25) is 9.69 Å². The Morgan fingerprint density at radius 3 is 2.64 bits per heavy atom. The van der Waals surface area contributed by atoms with E-state index < -0.39 is 26.8 Å². The average Bonchev–Trinajstić information content (AvgIpc) is 3.33. The van der Waals surface area contributed by atoms with Crippen LogP contribution in [-0.2, 0) is 21.2 Å². The van der Waals surface area contributed by atoms with Crippen LogP contribution in [0.5, 0.6) is 5.75 Å². The van der Waals surface area contributed by atoms with Gasteiger partial charge in [-0.15, -0.1) is 0 Å². The lowest BCUT2D eigenvalue weighted by Crippen LogP contribution is -2.50. The minimum absolute atomic E-state index is 0.104. The molecule has 2 N–H and O–H groups in total. The number of hydrogen-bond donors (Lipinski definition) is 2. The number of benzene rings is 2. The maximum atomic E-state index is 13.5. The maximum absolute atomic E-state index is 13.5. The first kappa shape index (κ1) is 35.3. The second-order valence-corrected chi connectivity index (χ2v) is 17.4. The van der Waals surface area contributed by atoms with E-state index in [4.69, 9.17) is 21.1 Å². The van der Waals surface area contributed by atoms with E-state index in [1.54, 1.807) is 31.2 Å². The van der Waals surface area contributed by atoms with Gasteiger partial charge >= 0.3 is 0 Å². The minimum atomic E-state index is -3.99. The summed E-state index contributed by atoms with van der Waals surface area (Å²) in [5.74, 6) is 6.47. The molecule has 0 radical (unpaired) electrons. The number of fused-ring (bicyclic) bond motifs is 5. The maximum Gasteiger partial charge on any atom is 0.264 e. The van der Waals surface area contributed by atoms with Gasteiger partial charge in [0.15, 0.2) is 0 Å². The van der Waals surface area contributed by atoms with E-state index in [-0.39, 0.29) is 35.3 Å². The molecule has 5 aliphatic rings. The molecule has 9 nitrogen and oxygen atoms in total. The second-order valence-electron chi connectivity index (χ2n) is 14.9. The molecule has 2 bridgehead atoms. The number of nitrogens with zero attached hydrogens (tertiary/aromatic N) is 2. The Morgan fingerprint density at radius 1 is 1.06 bits per heavy atom. The summed E-state index contributed by atoms with van der Waals surface area (Å²) in [5.41, 5.74) is 1.99. The summed E-state index contributed by atoms with van der Waals surface area (Å²) >= 11 is 6.42. The van der Waals surface area contributed by atoms with Crippen LogP contribution >= 0.6 is 11.6 Å². The largest absolute Gasteiger partial charge is 0.483 e. The normalized spacial score (nSPS) is 33.3. The van der Waals surface area contributed by atoms with E-state index in [2.05, 4.69) is 32.4 Å². The topological polar surface area (TPSA) is 108 Å². The first-order valence-corrected chi connectivity index (χ1v) is 20.0. The molecule has 3 aliphatic heterocycles. The van der Waals surface area contributed by atoms with E-state index in [9.17, 15) is 18.3 Å². The highest BCUT2D eigenvalue weighted by atomic mass is 35.5. The lowest BCUT2D eigenvalue weighted by molar-refractivity contribution is -0.00337. The number of hydrogen-bond acceptors (Lipinski definition) is 8. The van der Waals surface area contributed by atoms with Crippen LogP contribution < -0.4 is 14.4 Å². The standard InChI is InChI=1S/C39H48ClN3O6S/c1-26-6-4-15-39(45,16-5-17-42-18-20-48-21-19-42)34-13-9-30(34)24-43-25-31-8-3-7-28-22-32(40)11-12-33(28)37(31)49-36-14-10-29(23-35(36)43)38(44)41-50(46,47)27(26)2/h4,10-12,14-15,22-23,26-27,30-31,34,37,45H,3,6-9,13,17-21,24-25H2,1-2H3,(H,41,44)/b15-4+/t26-,27+,30-,31+,34+,37?,39+/m0/s1. The Kier molecular flexibility index (Phi) is 10.3. The molecule has 1 saturated heterocycles. The molecule has 1 amide bonds. The zero-order valence-corrected chi connectivity index (χ0v) is 30.5. The highest BCUT2D eigenvalue weighted by molar-refractivity contribution is 7.90. The van der Waals surface area contributed by atoms with Gasteiger partial charge in [0.05, 0.1) is 30.7 Å². The van der Waals surface area contributed by atoms with Crippen LogP contribution in [0.15, 0.2) is 48.6 Å². The summed E-state index contributed by atoms with van der Waals surface area (Å²) in [6, 6.07) is 11.3. The fourth-order valence-electron chi connectivity index (χ4n) is 8.27. The van der Waals surface area contributed by atoms with Gasteiger partial charge in [0.25, 0.3) is 5.91 Å². The number of aryl methyl sites for hydroxylation is 1. The van der Waals surface area contributed by atoms with Crippen molar-refractivity contribution in [2.75, 3.05) is 50.8 Å². The van der Waals surface area contributed by atoms with Crippen molar-refractivity contribution in [1.82, 2.24) is 9.62 Å². The highest BCUT2D eigenvalue weighted by Crippen LogP contribution is 2.48. The number of halogens is 1. The quantitative estimate of drug-likeness (QED) is 0.299. The van der Waals surface area contributed by atoms with Crippen LogP contribution in [0.2, 0.25) is 5.02 Å². The molecule has 2 aromatic carbocycles. The van der Waals surface area contributed by atoms with Gasteiger partial charge in [-0.2, -0.15) is 0 Å². The van der Waals surface area contributed by atoms with Gasteiger partial charge in [-0.05, 0) is 105 Å². The van der Waals surface area contributed by atoms with Gasteiger partial charge in [-0.1, -0.05) is 42.5 Å². The number of rotatable bonds is 1. The molecule has 7 rings (SSSR count). The Balaban J connectivity index is 1.27. The molecule has 50 heavy (non-hydrogen) atoms. The van der Waals surface area contributed by atoms with Crippen molar-refractivity contribution in [3.05, 3.63) is 70.3 Å². The number of carbonyl (C=O) groups excluding carboxylic acids is 1. The zero-order chi connectivity index (χ0) is 35.0. The number of allylic oxidation sites excluding steroid dienone is 1. The Labute approximate surface area is 301 Å². The van der Waals surface area contributed by atoms with Crippen molar-refractivity contribution in [3.63, 3.8) is 0 Å². The molecular formula is C39H48ClN3O6S. The molecule has 2 aliphatic carbocycles. The van der Waals surface area contributed by atoms with Crippen molar-refractivity contribution in [2.45, 2.75) is 69.3 Å². The van der Waals surface area contributed by atoms with Crippen LogP contribution in [0, 0.1) is 35.5 Å². The monoisotopic (exact) mass is 721 g/mol. The molecule has 0 aromatic heterocycles. The third-order valence-corrected chi connectivity index (χ3v) is 13.8. The third kappa shape index (κ3) is 7.31. The van der Waals surface area contributed by atoms with Crippen LogP contribution in [0.25, 0.3) is 0 Å².